The minimum absolute atomic E-state index is 0.0508. The summed E-state index contributed by atoms with van der Waals surface area (Å²) in [5.74, 6) is 0.0698. The van der Waals surface area contributed by atoms with Gasteiger partial charge in [-0.25, -0.2) is 0 Å². The average Bonchev–Trinajstić information content (AvgIpc) is 2.99. The van der Waals surface area contributed by atoms with Gasteiger partial charge in [-0.2, -0.15) is 0 Å². The zero-order valence-corrected chi connectivity index (χ0v) is 13.7. The first-order valence-corrected chi connectivity index (χ1v) is 8.33. The Bertz CT molecular complexity index is 526. The maximum Gasteiger partial charge on any atom is 0.305 e. The molecule has 1 saturated heterocycles. The molecule has 0 aromatic heterocycles. The quantitative estimate of drug-likeness (QED) is 0.800. The molecule has 1 atom stereocenters. The summed E-state index contributed by atoms with van der Waals surface area (Å²) in [6, 6.07) is 7.69. The van der Waals surface area contributed by atoms with Crippen molar-refractivity contribution in [1.82, 2.24) is 4.90 Å². The normalized spacial score (nSPS) is 17.3. The van der Waals surface area contributed by atoms with Crippen LogP contribution in [0.1, 0.15) is 44.6 Å². The zero-order chi connectivity index (χ0) is 16.7. The van der Waals surface area contributed by atoms with Crippen molar-refractivity contribution in [3.63, 3.8) is 0 Å². The van der Waals surface area contributed by atoms with Crippen LogP contribution >= 0.6 is 0 Å². The lowest BCUT2D eigenvalue weighted by Crippen LogP contribution is -2.36. The molecule has 5 nitrogen and oxygen atoms in total. The van der Waals surface area contributed by atoms with E-state index in [1.165, 1.54) is 0 Å². The van der Waals surface area contributed by atoms with Crippen LogP contribution < -0.4 is 4.74 Å². The van der Waals surface area contributed by atoms with Crippen LogP contribution in [-0.2, 0) is 16.0 Å². The summed E-state index contributed by atoms with van der Waals surface area (Å²) in [6.07, 6.45) is 3.81. The lowest BCUT2D eigenvalue weighted by atomic mass is 10.1. The fraction of sp³-hybridized carbons (Fsp3) is 0.556. The van der Waals surface area contributed by atoms with Gasteiger partial charge in [0.05, 0.1) is 13.0 Å². The van der Waals surface area contributed by atoms with Crippen molar-refractivity contribution in [1.29, 1.82) is 0 Å². The Kier molecular flexibility index (Phi) is 6.44. The van der Waals surface area contributed by atoms with Crippen molar-refractivity contribution in [2.45, 2.75) is 51.5 Å². The molecule has 126 valence electrons. The highest BCUT2D eigenvalue weighted by Crippen LogP contribution is 2.22. The van der Waals surface area contributed by atoms with Gasteiger partial charge in [0.25, 0.3) is 0 Å². The number of hydrogen-bond donors (Lipinski definition) is 1. The van der Waals surface area contributed by atoms with Crippen LogP contribution in [0.2, 0.25) is 0 Å². The first-order chi connectivity index (χ1) is 11.1. The Hall–Kier alpha value is -2.04. The first-order valence-electron chi connectivity index (χ1n) is 8.33. The lowest BCUT2D eigenvalue weighted by Gasteiger charge is -2.23. The number of likely N-dealkylation sites (tertiary alicyclic amines) is 1. The van der Waals surface area contributed by atoms with E-state index in [-0.39, 0.29) is 18.4 Å². The van der Waals surface area contributed by atoms with Crippen molar-refractivity contribution in [2.24, 2.45) is 0 Å². The maximum absolute atomic E-state index is 12.3. The number of nitrogens with zero attached hydrogens (tertiary/aromatic N) is 1. The number of carboxylic acid groups (broad SMARTS) is 1. The largest absolute Gasteiger partial charge is 0.494 e. The van der Waals surface area contributed by atoms with E-state index in [1.807, 2.05) is 24.3 Å². The van der Waals surface area contributed by atoms with Gasteiger partial charge in [-0.1, -0.05) is 19.1 Å². The van der Waals surface area contributed by atoms with E-state index < -0.39 is 5.97 Å². The number of aliphatic carboxylic acids is 1. The molecule has 5 heteroatoms. The van der Waals surface area contributed by atoms with E-state index in [1.54, 1.807) is 4.90 Å². The predicted molar refractivity (Wildman–Crippen MR) is 87.5 cm³/mol. The highest BCUT2D eigenvalue weighted by atomic mass is 16.5. The molecule has 23 heavy (non-hydrogen) atoms. The smallest absolute Gasteiger partial charge is 0.305 e. The maximum atomic E-state index is 12.3. The molecule has 1 fully saturated rings. The third kappa shape index (κ3) is 5.27. The number of carbonyl (C=O) groups is 2. The SMILES string of the molecule is CCCOc1ccc(CCC(=O)N2CCCC2CC(=O)O)cc1. The van der Waals surface area contributed by atoms with Gasteiger partial charge in [0, 0.05) is 19.0 Å². The molecule has 1 unspecified atom stereocenters. The van der Waals surface area contributed by atoms with Gasteiger partial charge in [-0.15, -0.1) is 0 Å². The summed E-state index contributed by atoms with van der Waals surface area (Å²) in [4.78, 5) is 24.9. The fourth-order valence-corrected chi connectivity index (χ4v) is 2.94. The molecule has 1 aliphatic heterocycles. The Morgan fingerprint density at radius 2 is 2.04 bits per heavy atom. The standard InChI is InChI=1S/C18H25NO4/c1-2-12-23-16-8-5-14(6-9-16)7-10-17(20)19-11-3-4-15(19)13-18(21)22/h5-6,8-9,15H,2-4,7,10-13H2,1H3,(H,21,22). The number of rotatable bonds is 8. The van der Waals surface area contributed by atoms with Crippen LogP contribution in [0.15, 0.2) is 24.3 Å². The highest BCUT2D eigenvalue weighted by Gasteiger charge is 2.29. The number of hydrogen-bond acceptors (Lipinski definition) is 3. The van der Waals surface area contributed by atoms with Gasteiger partial charge < -0.3 is 14.7 Å². The molecule has 1 amide bonds. The van der Waals surface area contributed by atoms with E-state index in [2.05, 4.69) is 6.92 Å². The van der Waals surface area contributed by atoms with Gasteiger partial charge in [0.2, 0.25) is 5.91 Å². The van der Waals surface area contributed by atoms with Crippen LogP contribution in [0, 0.1) is 0 Å². The first kappa shape index (κ1) is 17.3. The summed E-state index contributed by atoms with van der Waals surface area (Å²) in [7, 11) is 0. The van der Waals surface area contributed by atoms with Crippen LogP contribution in [0.5, 0.6) is 5.75 Å². The van der Waals surface area contributed by atoms with Crippen molar-refractivity contribution in [3.05, 3.63) is 29.8 Å². The second-order valence-electron chi connectivity index (χ2n) is 5.97. The summed E-state index contributed by atoms with van der Waals surface area (Å²) in [6.45, 7) is 3.45. The van der Waals surface area contributed by atoms with Crippen LogP contribution in [0.4, 0.5) is 0 Å². The van der Waals surface area contributed by atoms with Crippen molar-refractivity contribution in [2.75, 3.05) is 13.2 Å². The molecule has 0 aliphatic carbocycles. The lowest BCUT2D eigenvalue weighted by molar-refractivity contribution is -0.139. The highest BCUT2D eigenvalue weighted by molar-refractivity contribution is 5.78. The molecule has 0 saturated carbocycles. The molecule has 1 N–H and O–H groups in total. The van der Waals surface area contributed by atoms with Crippen LogP contribution in [0.25, 0.3) is 0 Å². The van der Waals surface area contributed by atoms with Crippen molar-refractivity contribution >= 4 is 11.9 Å². The van der Waals surface area contributed by atoms with Crippen LogP contribution in [0.3, 0.4) is 0 Å². The summed E-state index contributed by atoms with van der Waals surface area (Å²) < 4.78 is 5.54. The van der Waals surface area contributed by atoms with Gasteiger partial charge in [0.15, 0.2) is 0 Å². The van der Waals surface area contributed by atoms with Crippen molar-refractivity contribution in [3.8, 4) is 5.75 Å². The Labute approximate surface area is 137 Å². The van der Waals surface area contributed by atoms with E-state index in [0.29, 0.717) is 26.0 Å². The molecular weight excluding hydrogens is 294 g/mol. The molecule has 0 spiro atoms. The number of aryl methyl sites for hydroxylation is 1. The van der Waals surface area contributed by atoms with Crippen molar-refractivity contribution < 1.29 is 19.4 Å². The number of ether oxygens (including phenoxy) is 1. The summed E-state index contributed by atoms with van der Waals surface area (Å²) >= 11 is 0. The van der Waals surface area contributed by atoms with Gasteiger partial charge in [0.1, 0.15) is 5.75 Å². The Morgan fingerprint density at radius 3 is 2.70 bits per heavy atom. The molecule has 1 aromatic carbocycles. The third-order valence-corrected chi connectivity index (χ3v) is 4.13. The molecule has 1 aliphatic rings. The van der Waals surface area contributed by atoms with Gasteiger partial charge in [-0.05, 0) is 43.4 Å². The monoisotopic (exact) mass is 319 g/mol. The van der Waals surface area contributed by atoms with E-state index in [9.17, 15) is 9.59 Å². The number of carboxylic acids is 1. The molecule has 0 bridgehead atoms. The van der Waals surface area contributed by atoms with E-state index >= 15 is 0 Å². The molecular formula is C18H25NO4. The summed E-state index contributed by atoms with van der Waals surface area (Å²) in [5, 5.41) is 8.92. The third-order valence-electron chi connectivity index (χ3n) is 4.13. The molecule has 0 radical (unpaired) electrons. The van der Waals surface area contributed by atoms with Gasteiger partial charge >= 0.3 is 5.97 Å². The molecule has 2 rings (SSSR count). The number of amides is 1. The Balaban J connectivity index is 1.82. The predicted octanol–water partition coefficient (Wildman–Crippen LogP) is 2.87. The average molecular weight is 319 g/mol. The van der Waals surface area contributed by atoms with Crippen LogP contribution in [-0.4, -0.2) is 41.1 Å². The molecule has 1 heterocycles. The second kappa shape index (κ2) is 8.56. The minimum atomic E-state index is -0.836. The minimum Gasteiger partial charge on any atom is -0.494 e. The number of carbonyl (C=O) groups excluding carboxylic acids is 1. The number of benzene rings is 1. The fourth-order valence-electron chi connectivity index (χ4n) is 2.94. The second-order valence-corrected chi connectivity index (χ2v) is 5.97. The Morgan fingerprint density at radius 1 is 1.30 bits per heavy atom. The zero-order valence-electron chi connectivity index (χ0n) is 13.7. The van der Waals surface area contributed by atoms with E-state index in [0.717, 1.165) is 30.6 Å². The topological polar surface area (TPSA) is 66.8 Å². The van der Waals surface area contributed by atoms with E-state index in [4.69, 9.17) is 9.84 Å². The van der Waals surface area contributed by atoms with Gasteiger partial charge in [-0.3, -0.25) is 9.59 Å². The summed E-state index contributed by atoms with van der Waals surface area (Å²) in [5.41, 5.74) is 1.09. The molecule has 1 aromatic rings.